The highest BCUT2D eigenvalue weighted by Crippen LogP contribution is 2.19. The van der Waals surface area contributed by atoms with Crippen LogP contribution in [0, 0.1) is 6.92 Å². The van der Waals surface area contributed by atoms with Crippen molar-refractivity contribution >= 4 is 5.82 Å². The standard InChI is InChI=1S/C13H21N3O/c1-10-7-12(8-11(2)14)9-15-13(10)16-3-5-17-6-4-16/h7,9,11H,3-6,8,14H2,1-2H3. The van der Waals surface area contributed by atoms with Crippen molar-refractivity contribution in [1.29, 1.82) is 0 Å². The van der Waals surface area contributed by atoms with E-state index < -0.39 is 0 Å². The van der Waals surface area contributed by atoms with E-state index in [0.717, 1.165) is 38.5 Å². The van der Waals surface area contributed by atoms with Crippen molar-refractivity contribution in [3.05, 3.63) is 23.4 Å². The van der Waals surface area contributed by atoms with Crippen LogP contribution >= 0.6 is 0 Å². The van der Waals surface area contributed by atoms with Gasteiger partial charge in [0.05, 0.1) is 13.2 Å². The highest BCUT2D eigenvalue weighted by molar-refractivity contribution is 5.47. The molecule has 2 heterocycles. The van der Waals surface area contributed by atoms with Gasteiger partial charge in [0.15, 0.2) is 0 Å². The quantitative estimate of drug-likeness (QED) is 0.853. The molecule has 2 rings (SSSR count). The van der Waals surface area contributed by atoms with Gasteiger partial charge < -0.3 is 15.4 Å². The number of hydrogen-bond acceptors (Lipinski definition) is 4. The van der Waals surface area contributed by atoms with E-state index >= 15 is 0 Å². The molecule has 4 heteroatoms. The lowest BCUT2D eigenvalue weighted by atomic mass is 10.1. The van der Waals surface area contributed by atoms with Gasteiger partial charge in [-0.3, -0.25) is 0 Å². The molecule has 0 radical (unpaired) electrons. The normalized spacial score (nSPS) is 18.2. The van der Waals surface area contributed by atoms with E-state index in [4.69, 9.17) is 10.5 Å². The number of hydrogen-bond donors (Lipinski definition) is 1. The number of morpholine rings is 1. The molecule has 94 valence electrons. The Balaban J connectivity index is 2.13. The van der Waals surface area contributed by atoms with E-state index in [9.17, 15) is 0 Å². The Hall–Kier alpha value is -1.13. The Morgan fingerprint density at radius 1 is 1.47 bits per heavy atom. The molecule has 1 aromatic rings. The zero-order valence-corrected chi connectivity index (χ0v) is 10.6. The predicted octanol–water partition coefficient (Wildman–Crippen LogP) is 1.12. The summed E-state index contributed by atoms with van der Waals surface area (Å²) in [5, 5.41) is 0. The summed E-state index contributed by atoms with van der Waals surface area (Å²) in [6.45, 7) is 7.58. The molecule has 1 aromatic heterocycles. The van der Waals surface area contributed by atoms with Crippen molar-refractivity contribution in [2.24, 2.45) is 5.73 Å². The average Bonchev–Trinajstić information content (AvgIpc) is 2.29. The molecular formula is C13H21N3O. The van der Waals surface area contributed by atoms with Gasteiger partial charge in [-0.1, -0.05) is 6.07 Å². The van der Waals surface area contributed by atoms with Gasteiger partial charge in [-0.2, -0.15) is 0 Å². The van der Waals surface area contributed by atoms with Crippen LogP contribution in [0.3, 0.4) is 0 Å². The van der Waals surface area contributed by atoms with Gasteiger partial charge >= 0.3 is 0 Å². The number of nitrogens with zero attached hydrogens (tertiary/aromatic N) is 2. The van der Waals surface area contributed by atoms with E-state index in [-0.39, 0.29) is 6.04 Å². The third kappa shape index (κ3) is 3.17. The molecule has 1 atom stereocenters. The Labute approximate surface area is 103 Å². The molecule has 0 aliphatic carbocycles. The number of anilines is 1. The maximum atomic E-state index is 5.80. The minimum Gasteiger partial charge on any atom is -0.378 e. The van der Waals surface area contributed by atoms with E-state index in [1.165, 1.54) is 11.1 Å². The number of nitrogens with two attached hydrogens (primary N) is 1. The van der Waals surface area contributed by atoms with Crippen LogP contribution in [0.4, 0.5) is 5.82 Å². The molecule has 1 aliphatic rings. The zero-order valence-electron chi connectivity index (χ0n) is 10.6. The third-order valence-corrected chi connectivity index (χ3v) is 2.98. The van der Waals surface area contributed by atoms with Gasteiger partial charge in [0.2, 0.25) is 0 Å². The van der Waals surface area contributed by atoms with Crippen LogP contribution in [-0.2, 0) is 11.2 Å². The predicted molar refractivity (Wildman–Crippen MR) is 69.4 cm³/mol. The average molecular weight is 235 g/mol. The monoisotopic (exact) mass is 235 g/mol. The number of rotatable bonds is 3. The molecule has 2 N–H and O–H groups in total. The molecule has 17 heavy (non-hydrogen) atoms. The first-order chi connectivity index (χ1) is 8.16. The van der Waals surface area contributed by atoms with Gasteiger partial charge in [-0.15, -0.1) is 0 Å². The first kappa shape index (κ1) is 12.3. The zero-order chi connectivity index (χ0) is 12.3. The fraction of sp³-hybridized carbons (Fsp3) is 0.615. The van der Waals surface area contributed by atoms with Crippen LogP contribution in [0.2, 0.25) is 0 Å². The van der Waals surface area contributed by atoms with Crippen LogP contribution in [0.5, 0.6) is 0 Å². The number of aryl methyl sites for hydroxylation is 1. The molecule has 0 aromatic carbocycles. The smallest absolute Gasteiger partial charge is 0.131 e. The van der Waals surface area contributed by atoms with Gasteiger partial charge in [0.1, 0.15) is 5.82 Å². The summed E-state index contributed by atoms with van der Waals surface area (Å²) in [5.74, 6) is 1.08. The molecule has 0 amide bonds. The topological polar surface area (TPSA) is 51.4 Å². The Kier molecular flexibility index (Phi) is 3.97. The van der Waals surface area contributed by atoms with Crippen molar-refractivity contribution in [3.63, 3.8) is 0 Å². The minimum atomic E-state index is 0.186. The van der Waals surface area contributed by atoms with Crippen molar-refractivity contribution < 1.29 is 4.74 Å². The summed E-state index contributed by atoms with van der Waals surface area (Å²) in [7, 11) is 0. The van der Waals surface area contributed by atoms with Crippen molar-refractivity contribution in [3.8, 4) is 0 Å². The molecule has 0 saturated carbocycles. The van der Waals surface area contributed by atoms with Crippen LogP contribution in [-0.4, -0.2) is 37.3 Å². The maximum absolute atomic E-state index is 5.80. The fourth-order valence-electron chi connectivity index (χ4n) is 2.22. The molecule has 1 saturated heterocycles. The first-order valence-electron chi connectivity index (χ1n) is 6.20. The fourth-order valence-corrected chi connectivity index (χ4v) is 2.22. The lowest BCUT2D eigenvalue weighted by Crippen LogP contribution is -2.37. The van der Waals surface area contributed by atoms with Crippen molar-refractivity contribution in [1.82, 2.24) is 4.98 Å². The van der Waals surface area contributed by atoms with Gasteiger partial charge in [0, 0.05) is 25.3 Å². The molecular weight excluding hydrogens is 214 g/mol. The molecule has 1 fully saturated rings. The van der Waals surface area contributed by atoms with E-state index in [0.29, 0.717) is 0 Å². The van der Waals surface area contributed by atoms with Crippen LogP contribution in [0.15, 0.2) is 12.3 Å². The Morgan fingerprint density at radius 2 is 2.18 bits per heavy atom. The molecule has 1 unspecified atom stereocenters. The summed E-state index contributed by atoms with van der Waals surface area (Å²) in [6.07, 6.45) is 2.83. The second kappa shape index (κ2) is 5.47. The van der Waals surface area contributed by atoms with Crippen molar-refractivity contribution in [2.45, 2.75) is 26.3 Å². The molecule has 0 bridgehead atoms. The highest BCUT2D eigenvalue weighted by atomic mass is 16.5. The SMILES string of the molecule is Cc1cc(CC(C)N)cnc1N1CCOCC1. The second-order valence-corrected chi connectivity index (χ2v) is 4.76. The van der Waals surface area contributed by atoms with E-state index in [1.54, 1.807) is 0 Å². The summed E-state index contributed by atoms with van der Waals surface area (Å²) in [4.78, 5) is 6.86. The Morgan fingerprint density at radius 3 is 2.76 bits per heavy atom. The summed E-state index contributed by atoms with van der Waals surface area (Å²) >= 11 is 0. The highest BCUT2D eigenvalue weighted by Gasteiger charge is 2.14. The lowest BCUT2D eigenvalue weighted by molar-refractivity contribution is 0.122. The molecule has 4 nitrogen and oxygen atoms in total. The number of pyridine rings is 1. The number of aromatic nitrogens is 1. The van der Waals surface area contributed by atoms with Crippen LogP contribution in [0.25, 0.3) is 0 Å². The summed E-state index contributed by atoms with van der Waals surface area (Å²) in [6, 6.07) is 2.38. The Bertz CT molecular complexity index is 373. The molecule has 0 spiro atoms. The summed E-state index contributed by atoms with van der Waals surface area (Å²) < 4.78 is 5.35. The van der Waals surface area contributed by atoms with Crippen LogP contribution < -0.4 is 10.6 Å². The third-order valence-electron chi connectivity index (χ3n) is 2.98. The van der Waals surface area contributed by atoms with Gasteiger partial charge in [0.25, 0.3) is 0 Å². The lowest BCUT2D eigenvalue weighted by Gasteiger charge is -2.29. The van der Waals surface area contributed by atoms with Crippen molar-refractivity contribution in [2.75, 3.05) is 31.2 Å². The minimum absolute atomic E-state index is 0.186. The second-order valence-electron chi connectivity index (χ2n) is 4.76. The molecule has 1 aliphatic heterocycles. The van der Waals surface area contributed by atoms with Gasteiger partial charge in [-0.25, -0.2) is 4.98 Å². The largest absolute Gasteiger partial charge is 0.378 e. The van der Waals surface area contributed by atoms with E-state index in [2.05, 4.69) is 22.9 Å². The van der Waals surface area contributed by atoms with Gasteiger partial charge in [-0.05, 0) is 31.4 Å². The maximum Gasteiger partial charge on any atom is 0.131 e. The first-order valence-corrected chi connectivity index (χ1v) is 6.20. The van der Waals surface area contributed by atoms with E-state index in [1.807, 2.05) is 13.1 Å². The van der Waals surface area contributed by atoms with Crippen LogP contribution in [0.1, 0.15) is 18.1 Å². The summed E-state index contributed by atoms with van der Waals surface area (Å²) in [5.41, 5.74) is 8.24. The number of ether oxygens (including phenoxy) is 1.